The Hall–Kier alpha value is -2.54. The number of anilines is 1. The molecule has 0 saturated heterocycles. The standard InChI is InChI=1S/C16H14FN3O2S/c1-2-14(22-11-8-6-10(17)7-9-11)16(21)18-12-4-3-5-13-15(12)20-23-19-13/h3-9,14H,2H2,1H3,(H,18,21)/t14-/m1/s1. The molecule has 0 fully saturated rings. The zero-order valence-electron chi connectivity index (χ0n) is 12.3. The van der Waals surface area contributed by atoms with Crippen molar-refractivity contribution in [2.75, 3.05) is 5.32 Å². The first-order valence-electron chi connectivity index (χ1n) is 7.11. The highest BCUT2D eigenvalue weighted by atomic mass is 32.1. The van der Waals surface area contributed by atoms with Crippen molar-refractivity contribution in [2.45, 2.75) is 19.4 Å². The average molecular weight is 331 g/mol. The van der Waals surface area contributed by atoms with E-state index in [1.807, 2.05) is 13.0 Å². The van der Waals surface area contributed by atoms with Crippen LogP contribution in [0.1, 0.15) is 13.3 Å². The molecule has 0 saturated carbocycles. The Morgan fingerprint density at radius 3 is 2.78 bits per heavy atom. The van der Waals surface area contributed by atoms with Gasteiger partial charge >= 0.3 is 0 Å². The number of amides is 1. The summed E-state index contributed by atoms with van der Waals surface area (Å²) < 4.78 is 26.9. The molecule has 5 nitrogen and oxygen atoms in total. The topological polar surface area (TPSA) is 64.1 Å². The van der Waals surface area contributed by atoms with E-state index >= 15 is 0 Å². The molecule has 7 heteroatoms. The van der Waals surface area contributed by atoms with Gasteiger partial charge in [-0.3, -0.25) is 4.79 Å². The Morgan fingerprint density at radius 1 is 1.26 bits per heavy atom. The van der Waals surface area contributed by atoms with E-state index in [-0.39, 0.29) is 11.7 Å². The van der Waals surface area contributed by atoms with E-state index in [9.17, 15) is 9.18 Å². The van der Waals surface area contributed by atoms with Crippen molar-refractivity contribution in [3.63, 3.8) is 0 Å². The van der Waals surface area contributed by atoms with Gasteiger partial charge in [0.1, 0.15) is 22.6 Å². The number of carbonyl (C=O) groups excluding carboxylic acids is 1. The largest absolute Gasteiger partial charge is 0.481 e. The molecule has 0 bridgehead atoms. The number of benzene rings is 2. The summed E-state index contributed by atoms with van der Waals surface area (Å²) in [5, 5.41) is 2.82. The van der Waals surface area contributed by atoms with E-state index in [2.05, 4.69) is 14.1 Å². The number of hydrogen-bond acceptors (Lipinski definition) is 5. The van der Waals surface area contributed by atoms with Crippen molar-refractivity contribution in [2.24, 2.45) is 0 Å². The summed E-state index contributed by atoms with van der Waals surface area (Å²) in [6, 6.07) is 11.0. The minimum atomic E-state index is -0.678. The molecular formula is C16H14FN3O2S. The van der Waals surface area contributed by atoms with E-state index < -0.39 is 6.10 Å². The van der Waals surface area contributed by atoms with Crippen molar-refractivity contribution >= 4 is 34.4 Å². The SMILES string of the molecule is CC[C@@H](Oc1ccc(F)cc1)C(=O)Nc1cccc2nsnc12. The van der Waals surface area contributed by atoms with E-state index in [1.165, 1.54) is 24.3 Å². The number of halogens is 1. The van der Waals surface area contributed by atoms with Crippen molar-refractivity contribution in [1.82, 2.24) is 8.75 Å². The molecule has 0 spiro atoms. The summed E-state index contributed by atoms with van der Waals surface area (Å²) >= 11 is 1.09. The minimum absolute atomic E-state index is 0.280. The van der Waals surface area contributed by atoms with Crippen molar-refractivity contribution in [3.05, 3.63) is 48.3 Å². The molecule has 0 radical (unpaired) electrons. The lowest BCUT2D eigenvalue weighted by molar-refractivity contribution is -0.122. The summed E-state index contributed by atoms with van der Waals surface area (Å²) in [7, 11) is 0. The molecule has 1 heterocycles. The number of aromatic nitrogens is 2. The number of carbonyl (C=O) groups is 1. The Kier molecular flexibility index (Phi) is 4.47. The maximum atomic E-state index is 12.9. The van der Waals surface area contributed by atoms with E-state index in [4.69, 9.17) is 4.74 Å². The van der Waals surface area contributed by atoms with Crippen molar-refractivity contribution < 1.29 is 13.9 Å². The van der Waals surface area contributed by atoms with Gasteiger partial charge in [0.25, 0.3) is 5.91 Å². The lowest BCUT2D eigenvalue weighted by Gasteiger charge is -2.17. The van der Waals surface area contributed by atoms with Crippen LogP contribution in [0.3, 0.4) is 0 Å². The maximum Gasteiger partial charge on any atom is 0.265 e. The lowest BCUT2D eigenvalue weighted by Crippen LogP contribution is -2.32. The first-order valence-corrected chi connectivity index (χ1v) is 7.85. The third kappa shape index (κ3) is 3.45. The molecule has 23 heavy (non-hydrogen) atoms. The highest BCUT2D eigenvalue weighted by Gasteiger charge is 2.20. The van der Waals surface area contributed by atoms with Crippen LogP contribution >= 0.6 is 11.7 Å². The molecular weight excluding hydrogens is 317 g/mol. The van der Waals surface area contributed by atoms with Crippen LogP contribution in [0.4, 0.5) is 10.1 Å². The molecule has 118 valence electrons. The Morgan fingerprint density at radius 2 is 2.04 bits per heavy atom. The second-order valence-corrected chi connectivity index (χ2v) is 5.42. The summed E-state index contributed by atoms with van der Waals surface area (Å²) in [5.41, 5.74) is 1.99. The number of fused-ring (bicyclic) bond motifs is 1. The molecule has 0 aliphatic heterocycles. The van der Waals surface area contributed by atoms with Crippen LogP contribution in [-0.2, 0) is 4.79 Å². The molecule has 1 N–H and O–H groups in total. The molecule has 0 unspecified atom stereocenters. The van der Waals surface area contributed by atoms with Gasteiger partial charge < -0.3 is 10.1 Å². The number of nitrogens with zero attached hydrogens (tertiary/aromatic N) is 2. The van der Waals surface area contributed by atoms with Crippen LogP contribution in [0.25, 0.3) is 11.0 Å². The minimum Gasteiger partial charge on any atom is -0.481 e. The van der Waals surface area contributed by atoms with Gasteiger partial charge in [-0.25, -0.2) is 4.39 Å². The fraction of sp³-hybridized carbons (Fsp3) is 0.188. The summed E-state index contributed by atoms with van der Waals surface area (Å²) in [6.07, 6.45) is -0.198. The number of nitrogens with one attached hydrogen (secondary N) is 1. The third-order valence-corrected chi connectivity index (χ3v) is 3.84. The quantitative estimate of drug-likeness (QED) is 0.775. The first kappa shape index (κ1) is 15.4. The van der Waals surface area contributed by atoms with E-state index in [0.29, 0.717) is 23.4 Å². The molecule has 3 aromatic rings. The predicted molar refractivity (Wildman–Crippen MR) is 87.2 cm³/mol. The van der Waals surface area contributed by atoms with Gasteiger partial charge in [0.2, 0.25) is 0 Å². The molecule has 1 amide bonds. The van der Waals surface area contributed by atoms with Gasteiger partial charge in [0.15, 0.2) is 6.10 Å². The van der Waals surface area contributed by atoms with Crippen LogP contribution in [0.2, 0.25) is 0 Å². The maximum absolute atomic E-state index is 12.9. The van der Waals surface area contributed by atoms with Crippen LogP contribution < -0.4 is 10.1 Å². The highest BCUT2D eigenvalue weighted by Crippen LogP contribution is 2.22. The Bertz CT molecular complexity index is 820. The van der Waals surface area contributed by atoms with Gasteiger partial charge in [0, 0.05) is 0 Å². The zero-order valence-corrected chi connectivity index (χ0v) is 13.1. The van der Waals surface area contributed by atoms with Gasteiger partial charge in [-0.15, -0.1) is 0 Å². The van der Waals surface area contributed by atoms with Gasteiger partial charge in [-0.1, -0.05) is 13.0 Å². The number of rotatable bonds is 5. The smallest absolute Gasteiger partial charge is 0.265 e. The van der Waals surface area contributed by atoms with Gasteiger partial charge in [-0.2, -0.15) is 8.75 Å². The average Bonchev–Trinajstić information content (AvgIpc) is 3.04. The predicted octanol–water partition coefficient (Wildman–Crippen LogP) is 3.63. The second-order valence-electron chi connectivity index (χ2n) is 4.90. The van der Waals surface area contributed by atoms with E-state index in [1.54, 1.807) is 12.1 Å². The van der Waals surface area contributed by atoms with Crippen LogP contribution in [0.5, 0.6) is 5.75 Å². The molecule has 0 aliphatic carbocycles. The summed E-state index contributed by atoms with van der Waals surface area (Å²) in [6.45, 7) is 1.85. The third-order valence-electron chi connectivity index (χ3n) is 3.30. The zero-order chi connectivity index (χ0) is 16.2. The van der Waals surface area contributed by atoms with Gasteiger partial charge in [0.05, 0.1) is 17.4 Å². The number of ether oxygens (including phenoxy) is 1. The monoisotopic (exact) mass is 331 g/mol. The van der Waals surface area contributed by atoms with Crippen LogP contribution in [0.15, 0.2) is 42.5 Å². The molecule has 0 aliphatic rings. The summed E-state index contributed by atoms with van der Waals surface area (Å²) in [5.74, 6) is -0.184. The summed E-state index contributed by atoms with van der Waals surface area (Å²) in [4.78, 5) is 12.4. The highest BCUT2D eigenvalue weighted by molar-refractivity contribution is 7.00. The number of hydrogen-bond donors (Lipinski definition) is 1. The van der Waals surface area contributed by atoms with Crippen molar-refractivity contribution in [3.8, 4) is 5.75 Å². The fourth-order valence-electron chi connectivity index (χ4n) is 2.12. The van der Waals surface area contributed by atoms with Crippen LogP contribution in [0, 0.1) is 5.82 Å². The molecule has 1 atom stereocenters. The fourth-order valence-corrected chi connectivity index (χ4v) is 2.67. The molecule has 2 aromatic carbocycles. The second kappa shape index (κ2) is 6.70. The lowest BCUT2D eigenvalue weighted by atomic mass is 10.2. The molecule has 1 aromatic heterocycles. The molecule has 3 rings (SSSR count). The van der Waals surface area contributed by atoms with E-state index in [0.717, 1.165) is 17.2 Å². The Labute approximate surface area is 136 Å². The van der Waals surface area contributed by atoms with Gasteiger partial charge in [-0.05, 0) is 42.8 Å². The van der Waals surface area contributed by atoms with Crippen LogP contribution in [-0.4, -0.2) is 20.8 Å². The van der Waals surface area contributed by atoms with Crippen molar-refractivity contribution in [1.29, 1.82) is 0 Å². The normalized spacial score (nSPS) is 12.1. The first-order chi connectivity index (χ1) is 11.2. The Balaban J connectivity index is 1.75.